The second kappa shape index (κ2) is 7.32. The van der Waals surface area contributed by atoms with Crippen LogP contribution in [0.4, 0.5) is 10.5 Å². The second-order valence-electron chi connectivity index (χ2n) is 7.77. The lowest BCUT2D eigenvalue weighted by Crippen LogP contribution is -2.42. The minimum absolute atomic E-state index is 0.101. The standard InChI is InChI=1S/C19H30N2O3/c1-13(2)23-17-10-15(9-16(20)11-17)14-7-6-8-21(12-14)18(22)24-19(3,4)5/h9-11,13-14H,6-8,12,20H2,1-5H3. The van der Waals surface area contributed by atoms with Crippen LogP contribution in [-0.2, 0) is 4.74 Å². The van der Waals surface area contributed by atoms with Crippen LogP contribution in [-0.4, -0.2) is 35.8 Å². The Morgan fingerprint density at radius 2 is 2.00 bits per heavy atom. The fourth-order valence-corrected chi connectivity index (χ4v) is 2.96. The molecule has 1 aromatic carbocycles. The summed E-state index contributed by atoms with van der Waals surface area (Å²) in [6, 6.07) is 5.87. The minimum Gasteiger partial charge on any atom is -0.491 e. The number of hydrogen-bond donors (Lipinski definition) is 1. The van der Waals surface area contributed by atoms with Crippen LogP contribution in [0.15, 0.2) is 18.2 Å². The molecular formula is C19H30N2O3. The molecule has 1 atom stereocenters. The van der Waals surface area contributed by atoms with Crippen molar-refractivity contribution in [2.75, 3.05) is 18.8 Å². The first-order valence-corrected chi connectivity index (χ1v) is 8.69. The highest BCUT2D eigenvalue weighted by Crippen LogP contribution is 2.32. The van der Waals surface area contributed by atoms with Gasteiger partial charge in [0.25, 0.3) is 0 Å². The van der Waals surface area contributed by atoms with Crippen molar-refractivity contribution in [1.29, 1.82) is 0 Å². The summed E-state index contributed by atoms with van der Waals surface area (Å²) in [5, 5.41) is 0. The number of nitrogens with zero attached hydrogens (tertiary/aromatic N) is 1. The molecule has 5 heteroatoms. The number of benzene rings is 1. The summed E-state index contributed by atoms with van der Waals surface area (Å²) in [4.78, 5) is 14.1. The molecule has 1 unspecified atom stereocenters. The van der Waals surface area contributed by atoms with Crippen molar-refractivity contribution >= 4 is 11.8 Å². The fourth-order valence-electron chi connectivity index (χ4n) is 2.96. The number of piperidine rings is 1. The van der Waals surface area contributed by atoms with Gasteiger partial charge in [0.05, 0.1) is 6.10 Å². The van der Waals surface area contributed by atoms with Crippen LogP contribution < -0.4 is 10.5 Å². The maximum Gasteiger partial charge on any atom is 0.410 e. The van der Waals surface area contributed by atoms with Crippen molar-refractivity contribution in [2.45, 2.75) is 65.1 Å². The van der Waals surface area contributed by atoms with Gasteiger partial charge in [0.15, 0.2) is 0 Å². The molecule has 1 aliphatic rings. The zero-order chi connectivity index (χ0) is 17.9. The van der Waals surface area contributed by atoms with Gasteiger partial charge in [-0.3, -0.25) is 0 Å². The van der Waals surface area contributed by atoms with Gasteiger partial charge in [-0.25, -0.2) is 4.79 Å². The molecule has 0 bridgehead atoms. The summed E-state index contributed by atoms with van der Waals surface area (Å²) in [6.07, 6.45) is 1.85. The fraction of sp³-hybridized carbons (Fsp3) is 0.632. The molecule has 1 heterocycles. The van der Waals surface area contributed by atoms with Crippen molar-refractivity contribution in [2.24, 2.45) is 0 Å². The highest BCUT2D eigenvalue weighted by molar-refractivity contribution is 5.68. The molecule has 2 N–H and O–H groups in total. The molecule has 0 aromatic heterocycles. The lowest BCUT2D eigenvalue weighted by Gasteiger charge is -2.34. The van der Waals surface area contributed by atoms with Gasteiger partial charge in [0.2, 0.25) is 0 Å². The highest BCUT2D eigenvalue weighted by atomic mass is 16.6. The Hall–Kier alpha value is -1.91. The maximum absolute atomic E-state index is 12.3. The van der Waals surface area contributed by atoms with Gasteiger partial charge in [-0.15, -0.1) is 0 Å². The van der Waals surface area contributed by atoms with Crippen LogP contribution >= 0.6 is 0 Å². The summed E-state index contributed by atoms with van der Waals surface area (Å²) in [5.74, 6) is 1.04. The molecule has 0 aliphatic carbocycles. The van der Waals surface area contributed by atoms with Crippen LogP contribution in [0.3, 0.4) is 0 Å². The number of carbonyl (C=O) groups is 1. The van der Waals surface area contributed by atoms with Gasteiger partial charge >= 0.3 is 6.09 Å². The molecule has 1 aromatic rings. The first kappa shape index (κ1) is 18.4. The lowest BCUT2D eigenvalue weighted by molar-refractivity contribution is 0.0198. The van der Waals surface area contributed by atoms with E-state index in [1.165, 1.54) is 0 Å². The van der Waals surface area contributed by atoms with E-state index in [-0.39, 0.29) is 18.1 Å². The van der Waals surface area contributed by atoms with Gasteiger partial charge in [-0.2, -0.15) is 0 Å². The molecule has 2 rings (SSSR count). The van der Waals surface area contributed by atoms with Gasteiger partial charge in [-0.05, 0) is 65.2 Å². The topological polar surface area (TPSA) is 64.8 Å². The smallest absolute Gasteiger partial charge is 0.410 e. The Labute approximate surface area is 145 Å². The summed E-state index contributed by atoms with van der Waals surface area (Å²) < 4.78 is 11.3. The monoisotopic (exact) mass is 334 g/mol. The Morgan fingerprint density at radius 1 is 1.29 bits per heavy atom. The van der Waals surface area contributed by atoms with E-state index < -0.39 is 5.60 Å². The van der Waals surface area contributed by atoms with Crippen molar-refractivity contribution in [1.82, 2.24) is 4.90 Å². The number of likely N-dealkylation sites (tertiary alicyclic amines) is 1. The molecule has 5 nitrogen and oxygen atoms in total. The van der Waals surface area contributed by atoms with Gasteiger partial charge in [0.1, 0.15) is 11.4 Å². The number of nitrogen functional groups attached to an aromatic ring is 1. The first-order valence-electron chi connectivity index (χ1n) is 8.69. The zero-order valence-electron chi connectivity index (χ0n) is 15.5. The third-order valence-corrected chi connectivity index (χ3v) is 3.87. The van der Waals surface area contributed by atoms with Crippen LogP contribution in [0.2, 0.25) is 0 Å². The Morgan fingerprint density at radius 3 is 2.62 bits per heavy atom. The molecule has 0 spiro atoms. The molecule has 134 valence electrons. The number of rotatable bonds is 3. The van der Waals surface area contributed by atoms with E-state index in [0.29, 0.717) is 12.2 Å². The molecule has 0 saturated carbocycles. The van der Waals surface area contributed by atoms with Crippen LogP contribution in [0.25, 0.3) is 0 Å². The van der Waals surface area contributed by atoms with E-state index in [4.69, 9.17) is 15.2 Å². The van der Waals surface area contributed by atoms with E-state index in [2.05, 4.69) is 0 Å². The van der Waals surface area contributed by atoms with E-state index in [9.17, 15) is 4.79 Å². The average Bonchev–Trinajstić information content (AvgIpc) is 2.44. The quantitative estimate of drug-likeness (QED) is 0.843. The van der Waals surface area contributed by atoms with Crippen LogP contribution in [0, 0.1) is 0 Å². The molecule has 1 aliphatic heterocycles. The third-order valence-electron chi connectivity index (χ3n) is 3.87. The minimum atomic E-state index is -0.473. The zero-order valence-corrected chi connectivity index (χ0v) is 15.5. The number of amides is 1. The second-order valence-corrected chi connectivity index (χ2v) is 7.77. The van der Waals surface area contributed by atoms with E-state index in [0.717, 1.165) is 30.7 Å². The number of nitrogens with two attached hydrogens (primary N) is 1. The van der Waals surface area contributed by atoms with Crippen molar-refractivity contribution < 1.29 is 14.3 Å². The summed E-state index contributed by atoms with van der Waals surface area (Å²) >= 11 is 0. The first-order chi connectivity index (χ1) is 11.1. The Bertz CT molecular complexity index is 578. The molecule has 1 amide bonds. The molecule has 1 fully saturated rings. The average molecular weight is 334 g/mol. The van der Waals surface area contributed by atoms with E-state index in [1.807, 2.05) is 52.8 Å². The van der Waals surface area contributed by atoms with Gasteiger partial charge < -0.3 is 20.1 Å². The van der Waals surface area contributed by atoms with Gasteiger partial charge in [-0.1, -0.05) is 0 Å². The van der Waals surface area contributed by atoms with E-state index in [1.54, 1.807) is 4.90 Å². The maximum atomic E-state index is 12.3. The summed E-state index contributed by atoms with van der Waals surface area (Å²) in [7, 11) is 0. The molecule has 24 heavy (non-hydrogen) atoms. The third kappa shape index (κ3) is 5.32. The highest BCUT2D eigenvalue weighted by Gasteiger charge is 2.28. The summed E-state index contributed by atoms with van der Waals surface area (Å²) in [6.45, 7) is 11.0. The summed E-state index contributed by atoms with van der Waals surface area (Å²) in [5.41, 5.74) is 7.38. The molecule has 1 saturated heterocycles. The van der Waals surface area contributed by atoms with Crippen molar-refractivity contribution in [3.8, 4) is 5.75 Å². The SMILES string of the molecule is CC(C)Oc1cc(N)cc(C2CCCN(C(=O)OC(C)(C)C)C2)c1. The van der Waals surface area contributed by atoms with Gasteiger partial charge in [0, 0.05) is 30.8 Å². The number of anilines is 1. The van der Waals surface area contributed by atoms with Crippen molar-refractivity contribution in [3.05, 3.63) is 23.8 Å². The van der Waals surface area contributed by atoms with Crippen LogP contribution in [0.5, 0.6) is 5.75 Å². The number of hydrogen-bond acceptors (Lipinski definition) is 4. The lowest BCUT2D eigenvalue weighted by atomic mass is 9.90. The number of carbonyl (C=O) groups excluding carboxylic acids is 1. The largest absolute Gasteiger partial charge is 0.491 e. The normalized spacial score (nSPS) is 18.6. The predicted molar refractivity (Wildman–Crippen MR) is 96.4 cm³/mol. The molecular weight excluding hydrogens is 304 g/mol. The Kier molecular flexibility index (Phi) is 5.62. The predicted octanol–water partition coefficient (Wildman–Crippen LogP) is 4.17. The Balaban J connectivity index is 2.11. The number of ether oxygens (including phenoxy) is 2. The van der Waals surface area contributed by atoms with E-state index >= 15 is 0 Å². The van der Waals surface area contributed by atoms with Crippen LogP contribution in [0.1, 0.15) is 58.9 Å². The van der Waals surface area contributed by atoms with Crippen molar-refractivity contribution in [3.63, 3.8) is 0 Å². The molecule has 0 radical (unpaired) electrons.